The Morgan fingerprint density at radius 3 is 2.21 bits per heavy atom. The summed E-state index contributed by atoms with van der Waals surface area (Å²) in [5.41, 5.74) is 0.911. The maximum absolute atomic E-state index is 12.2. The summed E-state index contributed by atoms with van der Waals surface area (Å²) >= 11 is 0. The molecule has 1 aromatic carbocycles. The highest BCUT2D eigenvalue weighted by molar-refractivity contribution is 5.45. The van der Waals surface area contributed by atoms with Crippen LogP contribution in [0.1, 0.15) is 62.8 Å². The van der Waals surface area contributed by atoms with Crippen LogP contribution < -0.4 is 0 Å². The first-order valence-electron chi connectivity index (χ1n) is 10.2. The SMILES string of the molecule is CC(C)c1ccc(C(O)(c2cncc(C#CC(C)(C)O)c2)C2(C)CN(C)C2)cc1. The number of hydrogen-bond acceptors (Lipinski definition) is 4. The van der Waals surface area contributed by atoms with Crippen LogP contribution in [0.2, 0.25) is 0 Å². The molecule has 0 aliphatic carbocycles. The summed E-state index contributed by atoms with van der Waals surface area (Å²) in [6.45, 7) is 11.3. The highest BCUT2D eigenvalue weighted by Gasteiger charge is 2.55. The predicted octanol–water partition coefficient (Wildman–Crippen LogP) is 3.52. The van der Waals surface area contributed by atoms with Crippen molar-refractivity contribution in [3.8, 4) is 11.8 Å². The Hall–Kier alpha value is -2.19. The maximum atomic E-state index is 12.2. The van der Waals surface area contributed by atoms with Crippen molar-refractivity contribution < 1.29 is 10.2 Å². The lowest BCUT2D eigenvalue weighted by Crippen LogP contribution is -2.63. The molecule has 2 N–H and O–H groups in total. The van der Waals surface area contributed by atoms with Crippen LogP contribution in [-0.4, -0.2) is 45.8 Å². The fraction of sp³-hybridized carbons (Fsp3) is 0.480. The van der Waals surface area contributed by atoms with E-state index in [4.69, 9.17) is 0 Å². The van der Waals surface area contributed by atoms with E-state index in [1.165, 1.54) is 5.56 Å². The Morgan fingerprint density at radius 1 is 1.07 bits per heavy atom. The number of hydrogen-bond donors (Lipinski definition) is 2. The molecule has 29 heavy (non-hydrogen) atoms. The molecule has 0 amide bonds. The van der Waals surface area contributed by atoms with Gasteiger partial charge in [0.2, 0.25) is 0 Å². The zero-order valence-corrected chi connectivity index (χ0v) is 18.3. The standard InChI is InChI=1S/C25H32N2O2/c1-18(2)20-7-9-21(10-8-20)25(29,24(5)16-27(6)17-24)22-13-19(14-26-15-22)11-12-23(3,4)28/h7-10,13-15,18,28-29H,16-17H2,1-6H3. The topological polar surface area (TPSA) is 56.6 Å². The summed E-state index contributed by atoms with van der Waals surface area (Å²) in [4.78, 5) is 6.56. The Kier molecular flexibility index (Phi) is 5.62. The Bertz CT molecular complexity index is 926. The van der Waals surface area contributed by atoms with E-state index in [9.17, 15) is 10.2 Å². The second-order valence-corrected chi connectivity index (χ2v) is 9.49. The van der Waals surface area contributed by atoms with Crippen molar-refractivity contribution in [3.63, 3.8) is 0 Å². The number of likely N-dealkylation sites (tertiary alicyclic amines) is 1. The van der Waals surface area contributed by atoms with Crippen LogP contribution in [0.15, 0.2) is 42.7 Å². The van der Waals surface area contributed by atoms with Gasteiger partial charge in [-0.05, 0) is 44.0 Å². The van der Waals surface area contributed by atoms with Gasteiger partial charge in [-0.15, -0.1) is 0 Å². The summed E-state index contributed by atoms with van der Waals surface area (Å²) in [6, 6.07) is 10.2. The van der Waals surface area contributed by atoms with E-state index in [-0.39, 0.29) is 5.41 Å². The minimum Gasteiger partial charge on any atom is -0.380 e. The Morgan fingerprint density at radius 2 is 1.69 bits per heavy atom. The molecule has 2 heterocycles. The third-order valence-electron chi connectivity index (χ3n) is 5.78. The smallest absolute Gasteiger partial charge is 0.124 e. The van der Waals surface area contributed by atoms with E-state index in [1.807, 2.05) is 18.2 Å². The number of benzene rings is 1. The zero-order chi connectivity index (χ0) is 21.4. The third-order valence-corrected chi connectivity index (χ3v) is 5.78. The first-order valence-corrected chi connectivity index (χ1v) is 10.2. The van der Waals surface area contributed by atoms with Crippen LogP contribution in [0.4, 0.5) is 0 Å². The fourth-order valence-corrected chi connectivity index (χ4v) is 4.28. The van der Waals surface area contributed by atoms with Crippen molar-refractivity contribution in [2.24, 2.45) is 5.41 Å². The van der Waals surface area contributed by atoms with E-state index in [0.29, 0.717) is 11.5 Å². The molecular weight excluding hydrogens is 360 g/mol. The molecular formula is C25H32N2O2. The molecule has 154 valence electrons. The van der Waals surface area contributed by atoms with Crippen molar-refractivity contribution in [3.05, 3.63) is 65.0 Å². The first-order chi connectivity index (χ1) is 13.4. The van der Waals surface area contributed by atoms with Gasteiger partial charge in [0.15, 0.2) is 0 Å². The molecule has 1 unspecified atom stereocenters. The van der Waals surface area contributed by atoms with Crippen LogP contribution in [-0.2, 0) is 5.60 Å². The van der Waals surface area contributed by atoms with E-state index >= 15 is 0 Å². The fourth-order valence-electron chi connectivity index (χ4n) is 4.28. The van der Waals surface area contributed by atoms with E-state index in [2.05, 4.69) is 61.7 Å². The summed E-state index contributed by atoms with van der Waals surface area (Å²) in [7, 11) is 2.06. The average Bonchev–Trinajstić information content (AvgIpc) is 2.64. The van der Waals surface area contributed by atoms with Gasteiger partial charge in [-0.1, -0.05) is 56.9 Å². The molecule has 2 aromatic rings. The number of aromatic nitrogens is 1. The van der Waals surface area contributed by atoms with Crippen molar-refractivity contribution in [2.45, 2.75) is 51.7 Å². The van der Waals surface area contributed by atoms with Gasteiger partial charge < -0.3 is 15.1 Å². The van der Waals surface area contributed by atoms with Gasteiger partial charge in [0, 0.05) is 42.0 Å². The summed E-state index contributed by atoms with van der Waals surface area (Å²) < 4.78 is 0. The molecule has 3 rings (SSSR count). The maximum Gasteiger partial charge on any atom is 0.124 e. The Labute approximate surface area is 174 Å². The summed E-state index contributed by atoms with van der Waals surface area (Å²) in [5, 5.41) is 22.1. The summed E-state index contributed by atoms with van der Waals surface area (Å²) in [6.07, 6.45) is 3.40. The van der Waals surface area contributed by atoms with Gasteiger partial charge in [0.25, 0.3) is 0 Å². The number of nitrogens with zero attached hydrogens (tertiary/aromatic N) is 2. The van der Waals surface area contributed by atoms with Crippen LogP contribution in [0, 0.1) is 17.3 Å². The number of pyridine rings is 1. The second kappa shape index (κ2) is 7.57. The van der Waals surface area contributed by atoms with Gasteiger partial charge >= 0.3 is 0 Å². The summed E-state index contributed by atoms with van der Waals surface area (Å²) in [5.74, 6) is 6.25. The molecule has 1 aromatic heterocycles. The number of aliphatic hydroxyl groups is 2. The number of rotatable bonds is 4. The predicted molar refractivity (Wildman–Crippen MR) is 117 cm³/mol. The molecule has 1 saturated heterocycles. The molecule has 1 atom stereocenters. The van der Waals surface area contributed by atoms with Crippen LogP contribution in [0.3, 0.4) is 0 Å². The van der Waals surface area contributed by atoms with Gasteiger partial charge in [0.1, 0.15) is 11.2 Å². The minimum absolute atomic E-state index is 0.342. The lowest BCUT2D eigenvalue weighted by molar-refractivity contribution is -0.127. The molecule has 0 saturated carbocycles. The zero-order valence-electron chi connectivity index (χ0n) is 18.3. The van der Waals surface area contributed by atoms with Crippen LogP contribution in [0.25, 0.3) is 0 Å². The third kappa shape index (κ3) is 4.23. The first kappa shape index (κ1) is 21.5. The quantitative estimate of drug-likeness (QED) is 0.782. The molecule has 0 radical (unpaired) electrons. The van der Waals surface area contributed by atoms with Crippen LogP contribution in [0.5, 0.6) is 0 Å². The highest BCUT2D eigenvalue weighted by Crippen LogP contribution is 2.50. The molecule has 0 spiro atoms. The molecule has 0 bridgehead atoms. The molecule has 1 aliphatic heterocycles. The van der Waals surface area contributed by atoms with Gasteiger partial charge in [0.05, 0.1) is 0 Å². The highest BCUT2D eigenvalue weighted by atomic mass is 16.3. The van der Waals surface area contributed by atoms with Crippen LogP contribution >= 0.6 is 0 Å². The molecule has 4 heteroatoms. The normalized spacial score (nSPS) is 18.5. The van der Waals surface area contributed by atoms with E-state index in [0.717, 1.165) is 24.2 Å². The minimum atomic E-state index is -1.19. The Balaban J connectivity index is 2.11. The lowest BCUT2D eigenvalue weighted by atomic mass is 9.62. The van der Waals surface area contributed by atoms with Gasteiger partial charge in [-0.2, -0.15) is 0 Å². The average molecular weight is 393 g/mol. The monoisotopic (exact) mass is 392 g/mol. The lowest BCUT2D eigenvalue weighted by Gasteiger charge is -2.55. The van der Waals surface area contributed by atoms with Crippen molar-refractivity contribution in [1.82, 2.24) is 9.88 Å². The van der Waals surface area contributed by atoms with Crippen molar-refractivity contribution in [2.75, 3.05) is 20.1 Å². The molecule has 1 aliphatic rings. The van der Waals surface area contributed by atoms with Crippen molar-refractivity contribution in [1.29, 1.82) is 0 Å². The van der Waals surface area contributed by atoms with E-state index < -0.39 is 11.2 Å². The van der Waals surface area contributed by atoms with Gasteiger partial charge in [-0.3, -0.25) is 4.98 Å². The largest absolute Gasteiger partial charge is 0.380 e. The van der Waals surface area contributed by atoms with Gasteiger partial charge in [-0.25, -0.2) is 0 Å². The second-order valence-electron chi connectivity index (χ2n) is 9.49. The molecule has 4 nitrogen and oxygen atoms in total. The van der Waals surface area contributed by atoms with Crippen molar-refractivity contribution >= 4 is 0 Å². The van der Waals surface area contributed by atoms with E-state index in [1.54, 1.807) is 26.2 Å². The molecule has 1 fully saturated rings.